The lowest BCUT2D eigenvalue weighted by atomic mass is 9.85. The second kappa shape index (κ2) is 7.66. The minimum Gasteiger partial charge on any atom is -0.325 e. The fraction of sp³-hybridized carbons (Fsp3) is 0.364. The van der Waals surface area contributed by atoms with Crippen LogP contribution in [-0.4, -0.2) is 46.1 Å². The Morgan fingerprint density at radius 1 is 1.00 bits per heavy atom. The minimum atomic E-state index is -0.929. The third-order valence-electron chi connectivity index (χ3n) is 5.82. The Hall–Kier alpha value is -3.22. The third-order valence-corrected chi connectivity index (χ3v) is 5.82. The number of nitrogens with one attached hydrogen (secondary N) is 1. The highest BCUT2D eigenvalue weighted by Gasteiger charge is 2.49. The molecule has 29 heavy (non-hydrogen) atoms. The van der Waals surface area contributed by atoms with Crippen molar-refractivity contribution in [2.75, 3.05) is 11.9 Å². The first-order chi connectivity index (χ1) is 14.0. The van der Waals surface area contributed by atoms with Gasteiger partial charge in [0.2, 0.25) is 5.91 Å². The van der Waals surface area contributed by atoms with Crippen LogP contribution in [0.2, 0.25) is 0 Å². The Balaban J connectivity index is 1.46. The van der Waals surface area contributed by atoms with Crippen LogP contribution in [0.15, 0.2) is 42.5 Å². The number of carbonyl (C=O) groups excluding carboxylic acids is 4. The van der Waals surface area contributed by atoms with Crippen molar-refractivity contribution in [2.24, 2.45) is 5.92 Å². The van der Waals surface area contributed by atoms with E-state index < -0.39 is 30.3 Å². The first-order valence-corrected chi connectivity index (χ1v) is 9.93. The lowest BCUT2D eigenvalue weighted by Crippen LogP contribution is -2.46. The van der Waals surface area contributed by atoms with Gasteiger partial charge in [0, 0.05) is 11.7 Å². The van der Waals surface area contributed by atoms with E-state index in [1.165, 1.54) is 0 Å². The molecule has 0 aromatic heterocycles. The molecule has 2 aromatic carbocycles. The van der Waals surface area contributed by atoms with Crippen LogP contribution >= 0.6 is 0 Å². The van der Waals surface area contributed by atoms with Crippen LogP contribution < -0.4 is 5.32 Å². The Bertz CT molecular complexity index is 1000. The van der Waals surface area contributed by atoms with E-state index in [4.69, 9.17) is 0 Å². The van der Waals surface area contributed by atoms with Gasteiger partial charge in [-0.05, 0) is 41.7 Å². The van der Waals surface area contributed by atoms with Crippen molar-refractivity contribution >= 4 is 40.2 Å². The zero-order valence-electron chi connectivity index (χ0n) is 16.3. The number of fused-ring (bicyclic) bond motifs is 1. The normalized spacial score (nSPS) is 22.4. The summed E-state index contributed by atoms with van der Waals surface area (Å²) >= 11 is 0. The summed E-state index contributed by atoms with van der Waals surface area (Å²) in [5.41, 5.74) is 0.567. The molecule has 2 atom stereocenters. The largest absolute Gasteiger partial charge is 0.334 e. The van der Waals surface area contributed by atoms with Crippen LogP contribution in [-0.2, 0) is 14.4 Å². The van der Waals surface area contributed by atoms with Gasteiger partial charge >= 0.3 is 17.8 Å². The van der Waals surface area contributed by atoms with Gasteiger partial charge in [-0.2, -0.15) is 0 Å². The smallest absolute Gasteiger partial charge is 0.325 e. The molecule has 1 saturated carbocycles. The highest BCUT2D eigenvalue weighted by Crippen LogP contribution is 2.31. The number of hydrogen-bond donors (Lipinski definition) is 1. The van der Waals surface area contributed by atoms with Gasteiger partial charge in [-0.1, -0.05) is 50.1 Å². The predicted octanol–water partition coefficient (Wildman–Crippen LogP) is 3.15. The van der Waals surface area contributed by atoms with Gasteiger partial charge < -0.3 is 5.32 Å². The molecule has 0 bridgehead atoms. The van der Waals surface area contributed by atoms with E-state index in [9.17, 15) is 19.2 Å². The topological polar surface area (TPSA) is 86.8 Å². The molecule has 7 nitrogen and oxygen atoms in total. The Kier molecular flexibility index (Phi) is 5.05. The van der Waals surface area contributed by atoms with Gasteiger partial charge in [0.05, 0.1) is 0 Å². The van der Waals surface area contributed by atoms with Gasteiger partial charge in [-0.3, -0.25) is 19.3 Å². The molecule has 2 aromatic rings. The standard InChI is InChI=1S/C22H23N3O4/c1-14-6-2-5-9-18(14)25-21(28)20(27)24(22(25)29)13-19(26)23-17-11-10-15-7-3-4-8-16(15)12-17/h3-4,7-8,10-12,14,18H,2,5-6,9,13H2,1H3,(H,23,26)/t14-,18+/m0/s1. The molecule has 1 heterocycles. The van der Waals surface area contributed by atoms with E-state index in [1.807, 2.05) is 43.3 Å². The summed E-state index contributed by atoms with van der Waals surface area (Å²) in [4.78, 5) is 51.9. The van der Waals surface area contributed by atoms with E-state index in [2.05, 4.69) is 5.32 Å². The van der Waals surface area contributed by atoms with Crippen LogP contribution in [0.25, 0.3) is 10.8 Å². The summed E-state index contributed by atoms with van der Waals surface area (Å²) in [5.74, 6) is -2.13. The molecule has 0 unspecified atom stereocenters. The molecule has 1 aliphatic heterocycles. The highest BCUT2D eigenvalue weighted by molar-refractivity contribution is 6.45. The maximum absolute atomic E-state index is 12.8. The van der Waals surface area contributed by atoms with Crippen molar-refractivity contribution < 1.29 is 19.2 Å². The molecule has 1 aliphatic carbocycles. The van der Waals surface area contributed by atoms with Crippen molar-refractivity contribution in [3.05, 3.63) is 42.5 Å². The number of rotatable bonds is 4. The van der Waals surface area contributed by atoms with Gasteiger partial charge in [0.1, 0.15) is 6.54 Å². The zero-order chi connectivity index (χ0) is 20.5. The Labute approximate surface area is 168 Å². The molecule has 1 saturated heterocycles. The van der Waals surface area contributed by atoms with Crippen LogP contribution in [0, 0.1) is 5.92 Å². The summed E-state index contributed by atoms with van der Waals surface area (Å²) in [5, 5.41) is 4.71. The lowest BCUT2D eigenvalue weighted by Gasteiger charge is -2.34. The lowest BCUT2D eigenvalue weighted by molar-refractivity contribution is -0.145. The van der Waals surface area contributed by atoms with E-state index in [1.54, 1.807) is 6.07 Å². The monoisotopic (exact) mass is 393 g/mol. The number of urea groups is 1. The Morgan fingerprint density at radius 2 is 1.72 bits per heavy atom. The second-order valence-electron chi connectivity index (χ2n) is 7.79. The average Bonchev–Trinajstić information content (AvgIpc) is 2.92. The molecule has 7 heteroatoms. The molecule has 4 rings (SSSR count). The maximum atomic E-state index is 12.8. The number of hydrogen-bond acceptors (Lipinski definition) is 4. The molecule has 0 spiro atoms. The number of benzene rings is 2. The van der Waals surface area contributed by atoms with Crippen molar-refractivity contribution in [2.45, 2.75) is 38.6 Å². The van der Waals surface area contributed by atoms with Gasteiger partial charge in [-0.25, -0.2) is 9.69 Å². The molecular weight excluding hydrogens is 370 g/mol. The molecule has 2 fully saturated rings. The van der Waals surface area contributed by atoms with Crippen molar-refractivity contribution in [1.82, 2.24) is 9.80 Å². The van der Waals surface area contributed by atoms with Crippen molar-refractivity contribution in [3.63, 3.8) is 0 Å². The van der Waals surface area contributed by atoms with E-state index in [0.29, 0.717) is 12.1 Å². The fourth-order valence-electron chi connectivity index (χ4n) is 4.25. The molecule has 2 aliphatic rings. The first-order valence-electron chi connectivity index (χ1n) is 9.93. The number of anilines is 1. The fourth-order valence-corrected chi connectivity index (χ4v) is 4.25. The molecule has 5 amide bonds. The van der Waals surface area contributed by atoms with Crippen LogP contribution in [0.5, 0.6) is 0 Å². The van der Waals surface area contributed by atoms with E-state index >= 15 is 0 Å². The Morgan fingerprint density at radius 3 is 2.48 bits per heavy atom. The number of carbonyl (C=O) groups is 4. The average molecular weight is 393 g/mol. The summed E-state index contributed by atoms with van der Waals surface area (Å²) in [6, 6.07) is 12.2. The highest BCUT2D eigenvalue weighted by atomic mass is 16.2. The second-order valence-corrected chi connectivity index (χ2v) is 7.79. The van der Waals surface area contributed by atoms with E-state index in [0.717, 1.165) is 39.8 Å². The van der Waals surface area contributed by atoms with Crippen molar-refractivity contribution in [1.29, 1.82) is 0 Å². The molecular formula is C22H23N3O4. The number of imide groups is 2. The van der Waals surface area contributed by atoms with E-state index in [-0.39, 0.29) is 12.0 Å². The number of nitrogens with zero attached hydrogens (tertiary/aromatic N) is 2. The van der Waals surface area contributed by atoms with Gasteiger partial charge in [0.15, 0.2) is 0 Å². The SMILES string of the molecule is C[C@H]1CCCC[C@H]1N1C(=O)C(=O)N(CC(=O)Nc2ccc3ccccc3c2)C1=O. The van der Waals surface area contributed by atoms with Gasteiger partial charge in [-0.15, -0.1) is 0 Å². The van der Waals surface area contributed by atoms with Crippen molar-refractivity contribution in [3.8, 4) is 0 Å². The predicted molar refractivity (Wildman–Crippen MR) is 108 cm³/mol. The van der Waals surface area contributed by atoms with Crippen LogP contribution in [0.4, 0.5) is 10.5 Å². The third kappa shape index (κ3) is 3.60. The molecule has 0 radical (unpaired) electrons. The quantitative estimate of drug-likeness (QED) is 0.639. The maximum Gasteiger partial charge on any atom is 0.334 e. The van der Waals surface area contributed by atoms with Gasteiger partial charge in [0.25, 0.3) is 0 Å². The summed E-state index contributed by atoms with van der Waals surface area (Å²) in [7, 11) is 0. The minimum absolute atomic E-state index is 0.149. The van der Waals surface area contributed by atoms with Crippen LogP contribution in [0.1, 0.15) is 32.6 Å². The molecule has 150 valence electrons. The first kappa shape index (κ1) is 19.1. The molecule has 1 N–H and O–H groups in total. The summed E-state index contributed by atoms with van der Waals surface area (Å²) in [6.45, 7) is 1.51. The summed E-state index contributed by atoms with van der Waals surface area (Å²) < 4.78 is 0. The number of amides is 5. The van der Waals surface area contributed by atoms with Crippen LogP contribution in [0.3, 0.4) is 0 Å². The zero-order valence-corrected chi connectivity index (χ0v) is 16.3. The summed E-state index contributed by atoms with van der Waals surface area (Å²) in [6.07, 6.45) is 3.59.